The number of anilines is 2. The fourth-order valence-electron chi connectivity index (χ4n) is 3.48. The fourth-order valence-corrected chi connectivity index (χ4v) is 4.66. The van der Waals surface area contributed by atoms with Gasteiger partial charge in [0.15, 0.2) is 0 Å². The number of hydrogen-bond acceptors (Lipinski definition) is 3. The van der Waals surface area contributed by atoms with E-state index in [0.717, 1.165) is 17.4 Å². The minimum absolute atomic E-state index is 0.0346. The molecule has 3 aromatic rings. The van der Waals surface area contributed by atoms with E-state index in [-0.39, 0.29) is 23.8 Å². The molecule has 0 spiro atoms. The summed E-state index contributed by atoms with van der Waals surface area (Å²) in [7, 11) is 0. The highest BCUT2D eigenvalue weighted by Gasteiger charge is 2.34. The molecule has 0 saturated heterocycles. The summed E-state index contributed by atoms with van der Waals surface area (Å²) in [6.45, 7) is 1.78. The summed E-state index contributed by atoms with van der Waals surface area (Å²) in [5.41, 5.74) is 2.28. The van der Waals surface area contributed by atoms with Crippen molar-refractivity contribution in [2.24, 2.45) is 0 Å². The molecular formula is C21H16F2N2O2S. The van der Waals surface area contributed by atoms with Crippen molar-refractivity contribution in [1.29, 1.82) is 0 Å². The van der Waals surface area contributed by atoms with Crippen LogP contribution in [0.5, 0.6) is 0 Å². The van der Waals surface area contributed by atoms with Gasteiger partial charge in [0.05, 0.1) is 9.88 Å². The van der Waals surface area contributed by atoms with Gasteiger partial charge >= 0.3 is 0 Å². The van der Waals surface area contributed by atoms with E-state index in [4.69, 9.17) is 0 Å². The number of halogens is 2. The van der Waals surface area contributed by atoms with Gasteiger partial charge in [0.2, 0.25) is 5.91 Å². The first-order chi connectivity index (χ1) is 13.4. The van der Waals surface area contributed by atoms with E-state index >= 15 is 0 Å². The minimum atomic E-state index is -0.702. The number of rotatable bonds is 3. The number of fused-ring (bicyclic) bond motifs is 1. The Bertz CT molecular complexity index is 1080. The maximum absolute atomic E-state index is 14.4. The van der Waals surface area contributed by atoms with E-state index in [1.165, 1.54) is 12.1 Å². The molecule has 1 aliphatic heterocycles. The molecule has 4 nitrogen and oxygen atoms in total. The average molecular weight is 398 g/mol. The third-order valence-corrected chi connectivity index (χ3v) is 5.98. The van der Waals surface area contributed by atoms with Gasteiger partial charge in [0.1, 0.15) is 11.6 Å². The summed E-state index contributed by atoms with van der Waals surface area (Å²) in [6.07, 6.45) is 0.0346. The van der Waals surface area contributed by atoms with Crippen LogP contribution in [0.1, 0.15) is 38.7 Å². The summed E-state index contributed by atoms with van der Waals surface area (Å²) >= 11 is 1.16. The van der Waals surface area contributed by atoms with Crippen LogP contribution in [0.15, 0.2) is 48.5 Å². The Morgan fingerprint density at radius 3 is 2.64 bits per heavy atom. The average Bonchev–Trinajstić information content (AvgIpc) is 2.98. The molecule has 4 rings (SSSR count). The first-order valence-corrected chi connectivity index (χ1v) is 9.50. The standard InChI is InChI=1S/C21H16F2N2O2S/c1-11-18-15(14-8-7-12(22)9-16(14)23)10-17(26)25-21(18)28-19(11)20(27)24-13-5-3-2-4-6-13/h2-9,15H,10H2,1H3,(H,24,27)(H,25,26)/t15-/m1/s1. The van der Waals surface area contributed by atoms with Crippen LogP contribution in [0.2, 0.25) is 0 Å². The number of hydrogen-bond donors (Lipinski definition) is 2. The third kappa shape index (κ3) is 3.29. The summed E-state index contributed by atoms with van der Waals surface area (Å²) in [4.78, 5) is 25.4. The van der Waals surface area contributed by atoms with Crippen LogP contribution >= 0.6 is 11.3 Å². The molecule has 0 fully saturated rings. The summed E-state index contributed by atoms with van der Waals surface area (Å²) < 4.78 is 27.7. The molecule has 0 bridgehead atoms. The Morgan fingerprint density at radius 2 is 1.93 bits per heavy atom. The molecule has 2 heterocycles. The molecule has 28 heavy (non-hydrogen) atoms. The number of benzene rings is 2. The maximum Gasteiger partial charge on any atom is 0.266 e. The van der Waals surface area contributed by atoms with Gasteiger partial charge in [-0.05, 0) is 41.8 Å². The number of thiophene rings is 1. The molecule has 1 aromatic heterocycles. The molecule has 0 unspecified atom stereocenters. The molecular weight excluding hydrogens is 382 g/mol. The zero-order valence-corrected chi connectivity index (χ0v) is 15.7. The van der Waals surface area contributed by atoms with Crippen molar-refractivity contribution in [3.05, 3.63) is 81.7 Å². The number of amides is 2. The van der Waals surface area contributed by atoms with Crippen LogP contribution in [0.4, 0.5) is 19.5 Å². The Kier molecular flexibility index (Phi) is 4.68. The second-order valence-electron chi connectivity index (χ2n) is 6.59. The minimum Gasteiger partial charge on any atom is -0.321 e. The van der Waals surface area contributed by atoms with Gasteiger partial charge in [-0.2, -0.15) is 0 Å². The molecule has 2 aromatic carbocycles. The van der Waals surface area contributed by atoms with Gasteiger partial charge in [0, 0.05) is 24.1 Å². The lowest BCUT2D eigenvalue weighted by atomic mass is 9.84. The molecule has 1 atom stereocenters. The normalized spacial score (nSPS) is 15.7. The predicted octanol–water partition coefficient (Wildman–Crippen LogP) is 5.06. The van der Waals surface area contributed by atoms with Crippen LogP contribution in [0.25, 0.3) is 0 Å². The first-order valence-electron chi connectivity index (χ1n) is 8.68. The van der Waals surface area contributed by atoms with Crippen molar-refractivity contribution < 1.29 is 18.4 Å². The smallest absolute Gasteiger partial charge is 0.266 e. The van der Waals surface area contributed by atoms with Crippen LogP contribution in [-0.2, 0) is 4.79 Å². The number of para-hydroxylation sites is 1. The van der Waals surface area contributed by atoms with Crippen molar-refractivity contribution in [2.45, 2.75) is 19.3 Å². The lowest BCUT2D eigenvalue weighted by Crippen LogP contribution is -2.23. The van der Waals surface area contributed by atoms with Gasteiger partial charge in [0.25, 0.3) is 5.91 Å². The van der Waals surface area contributed by atoms with Gasteiger partial charge in [-0.1, -0.05) is 24.3 Å². The van der Waals surface area contributed by atoms with E-state index in [1.54, 1.807) is 19.1 Å². The van der Waals surface area contributed by atoms with E-state index in [2.05, 4.69) is 10.6 Å². The second-order valence-corrected chi connectivity index (χ2v) is 7.61. The first kappa shape index (κ1) is 18.3. The van der Waals surface area contributed by atoms with E-state index < -0.39 is 17.6 Å². The van der Waals surface area contributed by atoms with Crippen molar-refractivity contribution >= 4 is 33.8 Å². The Labute approximate surface area is 164 Å². The Morgan fingerprint density at radius 1 is 1.18 bits per heavy atom. The number of carbonyl (C=O) groups excluding carboxylic acids is 2. The highest BCUT2D eigenvalue weighted by molar-refractivity contribution is 7.18. The fraction of sp³-hybridized carbons (Fsp3) is 0.143. The Hall–Kier alpha value is -3.06. The summed E-state index contributed by atoms with van der Waals surface area (Å²) in [5, 5.41) is 6.13. The molecule has 0 aliphatic carbocycles. The van der Waals surface area contributed by atoms with Crippen molar-refractivity contribution in [1.82, 2.24) is 0 Å². The molecule has 2 N–H and O–H groups in total. The quantitative estimate of drug-likeness (QED) is 0.648. The topological polar surface area (TPSA) is 58.2 Å². The molecule has 2 amide bonds. The van der Waals surface area contributed by atoms with Crippen LogP contribution in [0, 0.1) is 18.6 Å². The maximum atomic E-state index is 14.4. The van der Waals surface area contributed by atoms with E-state index in [1.807, 2.05) is 18.2 Å². The third-order valence-electron chi connectivity index (χ3n) is 4.76. The molecule has 142 valence electrons. The van der Waals surface area contributed by atoms with Crippen LogP contribution < -0.4 is 10.6 Å². The van der Waals surface area contributed by atoms with Crippen molar-refractivity contribution in [2.75, 3.05) is 10.6 Å². The van der Waals surface area contributed by atoms with Crippen LogP contribution in [0.3, 0.4) is 0 Å². The van der Waals surface area contributed by atoms with Crippen molar-refractivity contribution in [3.63, 3.8) is 0 Å². The molecule has 1 aliphatic rings. The largest absolute Gasteiger partial charge is 0.321 e. The second kappa shape index (κ2) is 7.16. The SMILES string of the molecule is Cc1c(C(=O)Nc2ccccc2)sc2c1[C@@H](c1ccc(F)cc1F)CC(=O)N2. The zero-order valence-electron chi connectivity index (χ0n) is 14.9. The number of carbonyl (C=O) groups is 2. The van der Waals surface area contributed by atoms with Gasteiger partial charge < -0.3 is 10.6 Å². The van der Waals surface area contributed by atoms with Crippen molar-refractivity contribution in [3.8, 4) is 0 Å². The highest BCUT2D eigenvalue weighted by atomic mass is 32.1. The summed E-state index contributed by atoms with van der Waals surface area (Å²) in [6, 6.07) is 12.4. The van der Waals surface area contributed by atoms with E-state index in [9.17, 15) is 18.4 Å². The lowest BCUT2D eigenvalue weighted by Gasteiger charge is -2.24. The molecule has 0 saturated carbocycles. The molecule has 7 heteroatoms. The Balaban J connectivity index is 1.74. The predicted molar refractivity (Wildman–Crippen MR) is 105 cm³/mol. The number of nitrogens with one attached hydrogen (secondary N) is 2. The highest BCUT2D eigenvalue weighted by Crippen LogP contribution is 2.45. The lowest BCUT2D eigenvalue weighted by molar-refractivity contribution is -0.116. The summed E-state index contributed by atoms with van der Waals surface area (Å²) in [5.74, 6) is -2.51. The van der Waals surface area contributed by atoms with Gasteiger partial charge in [-0.25, -0.2) is 8.78 Å². The van der Waals surface area contributed by atoms with Gasteiger partial charge in [-0.3, -0.25) is 9.59 Å². The molecule has 0 radical (unpaired) electrons. The monoisotopic (exact) mass is 398 g/mol. The van der Waals surface area contributed by atoms with E-state index in [0.29, 0.717) is 26.7 Å². The van der Waals surface area contributed by atoms with Gasteiger partial charge in [-0.15, -0.1) is 11.3 Å². The van der Waals surface area contributed by atoms with Crippen LogP contribution in [-0.4, -0.2) is 11.8 Å². The zero-order chi connectivity index (χ0) is 19.8.